The zero-order chi connectivity index (χ0) is 17.2. The van der Waals surface area contributed by atoms with E-state index in [4.69, 9.17) is 0 Å². The van der Waals surface area contributed by atoms with Crippen LogP contribution in [0.25, 0.3) is 0 Å². The van der Waals surface area contributed by atoms with Crippen molar-refractivity contribution in [1.82, 2.24) is 10.2 Å². The lowest BCUT2D eigenvalue weighted by Crippen LogP contribution is -2.42. The fourth-order valence-electron chi connectivity index (χ4n) is 2.46. The molecule has 0 spiro atoms. The van der Waals surface area contributed by atoms with Crippen molar-refractivity contribution < 1.29 is 27.2 Å². The van der Waals surface area contributed by atoms with Crippen LogP contribution in [0.3, 0.4) is 0 Å². The SMILES string of the molecule is CN1CCC(C(=O)NCc2ccc(F)cc2C(F)(F)F)CC1=O. The Morgan fingerprint density at radius 1 is 1.39 bits per heavy atom. The molecule has 1 unspecified atom stereocenters. The number of piperidine rings is 1. The minimum absolute atomic E-state index is 0.0396. The molecule has 0 saturated carbocycles. The Kier molecular flexibility index (Phi) is 4.91. The van der Waals surface area contributed by atoms with Crippen molar-refractivity contribution >= 4 is 11.8 Å². The number of halogens is 4. The molecule has 1 saturated heterocycles. The standard InChI is InChI=1S/C15H16F4N2O2/c1-21-5-4-9(6-13(21)22)14(23)20-8-10-2-3-11(16)7-12(10)15(17,18)19/h2-3,7,9H,4-6,8H2,1H3,(H,20,23). The normalized spacial score (nSPS) is 18.9. The van der Waals surface area contributed by atoms with Crippen LogP contribution in [0, 0.1) is 11.7 Å². The molecule has 1 aliphatic heterocycles. The van der Waals surface area contributed by atoms with E-state index < -0.39 is 29.4 Å². The van der Waals surface area contributed by atoms with Crippen molar-refractivity contribution in [2.45, 2.75) is 25.6 Å². The summed E-state index contributed by atoms with van der Waals surface area (Å²) in [5, 5.41) is 2.40. The summed E-state index contributed by atoms with van der Waals surface area (Å²) in [6, 6.07) is 2.31. The number of alkyl halides is 3. The highest BCUT2D eigenvalue weighted by Crippen LogP contribution is 2.32. The number of carbonyl (C=O) groups is 2. The van der Waals surface area contributed by atoms with E-state index >= 15 is 0 Å². The maximum absolute atomic E-state index is 13.0. The van der Waals surface area contributed by atoms with Gasteiger partial charge in [0.25, 0.3) is 0 Å². The van der Waals surface area contributed by atoms with Gasteiger partial charge in [-0.3, -0.25) is 9.59 Å². The quantitative estimate of drug-likeness (QED) is 0.864. The summed E-state index contributed by atoms with van der Waals surface area (Å²) >= 11 is 0. The highest BCUT2D eigenvalue weighted by Gasteiger charge is 2.34. The molecule has 1 heterocycles. The number of carbonyl (C=O) groups excluding carboxylic acids is 2. The molecule has 0 bridgehead atoms. The molecule has 1 atom stereocenters. The van der Waals surface area contributed by atoms with Crippen LogP contribution in [0.2, 0.25) is 0 Å². The topological polar surface area (TPSA) is 49.4 Å². The predicted octanol–water partition coefficient (Wildman–Crippen LogP) is 2.33. The van der Waals surface area contributed by atoms with Crippen molar-refractivity contribution in [3.63, 3.8) is 0 Å². The molecule has 2 rings (SSSR count). The lowest BCUT2D eigenvalue weighted by Gasteiger charge is -2.28. The highest BCUT2D eigenvalue weighted by atomic mass is 19.4. The first-order valence-corrected chi connectivity index (χ1v) is 7.06. The van der Waals surface area contributed by atoms with Gasteiger partial charge >= 0.3 is 6.18 Å². The first kappa shape index (κ1) is 17.2. The molecule has 1 aromatic carbocycles. The molecule has 1 N–H and O–H groups in total. The van der Waals surface area contributed by atoms with Gasteiger partial charge in [0.05, 0.1) is 5.56 Å². The number of hydrogen-bond acceptors (Lipinski definition) is 2. The molecule has 1 fully saturated rings. The van der Waals surface area contributed by atoms with Crippen molar-refractivity contribution in [3.05, 3.63) is 35.1 Å². The molecule has 2 amide bonds. The van der Waals surface area contributed by atoms with Gasteiger partial charge in [-0.1, -0.05) is 6.07 Å². The second kappa shape index (κ2) is 6.55. The lowest BCUT2D eigenvalue weighted by atomic mass is 9.95. The maximum Gasteiger partial charge on any atom is 0.416 e. The third-order valence-electron chi connectivity index (χ3n) is 3.86. The van der Waals surface area contributed by atoms with Gasteiger partial charge in [-0.25, -0.2) is 4.39 Å². The summed E-state index contributed by atoms with van der Waals surface area (Å²) in [7, 11) is 1.63. The van der Waals surface area contributed by atoms with Crippen LogP contribution < -0.4 is 5.32 Å². The second-order valence-electron chi connectivity index (χ2n) is 5.52. The van der Waals surface area contributed by atoms with Gasteiger partial charge in [0, 0.05) is 32.5 Å². The summed E-state index contributed by atoms with van der Waals surface area (Å²) in [6.07, 6.45) is -4.20. The molecule has 4 nitrogen and oxygen atoms in total. The van der Waals surface area contributed by atoms with Crippen LogP contribution >= 0.6 is 0 Å². The third-order valence-corrected chi connectivity index (χ3v) is 3.86. The molecule has 1 aliphatic rings. The van der Waals surface area contributed by atoms with E-state index in [1.807, 2.05) is 0 Å². The highest BCUT2D eigenvalue weighted by molar-refractivity contribution is 5.86. The largest absolute Gasteiger partial charge is 0.416 e. The zero-order valence-corrected chi connectivity index (χ0v) is 12.4. The number of nitrogens with one attached hydrogen (secondary N) is 1. The number of benzene rings is 1. The van der Waals surface area contributed by atoms with Crippen LogP contribution in [0.5, 0.6) is 0 Å². The van der Waals surface area contributed by atoms with Crippen molar-refractivity contribution in [3.8, 4) is 0 Å². The van der Waals surface area contributed by atoms with Gasteiger partial charge in [0.1, 0.15) is 5.82 Å². The van der Waals surface area contributed by atoms with Gasteiger partial charge in [-0.15, -0.1) is 0 Å². The van der Waals surface area contributed by atoms with Gasteiger partial charge in [0.15, 0.2) is 0 Å². The molecule has 0 aromatic heterocycles. The average molecular weight is 332 g/mol. The van der Waals surface area contributed by atoms with Crippen LogP contribution in [0.1, 0.15) is 24.0 Å². The molecule has 126 valence electrons. The van der Waals surface area contributed by atoms with Crippen LogP contribution in [-0.4, -0.2) is 30.3 Å². The smallest absolute Gasteiger partial charge is 0.352 e. The van der Waals surface area contributed by atoms with E-state index in [-0.39, 0.29) is 24.4 Å². The molecular formula is C15H16F4N2O2. The number of rotatable bonds is 3. The Morgan fingerprint density at radius 2 is 2.09 bits per heavy atom. The zero-order valence-electron chi connectivity index (χ0n) is 12.4. The average Bonchev–Trinajstić information content (AvgIpc) is 2.47. The van der Waals surface area contributed by atoms with Crippen molar-refractivity contribution in [2.75, 3.05) is 13.6 Å². The Hall–Kier alpha value is -2.12. The van der Waals surface area contributed by atoms with Gasteiger partial charge in [-0.05, 0) is 24.1 Å². The summed E-state index contributed by atoms with van der Waals surface area (Å²) in [4.78, 5) is 25.1. The summed E-state index contributed by atoms with van der Waals surface area (Å²) in [5.41, 5.74) is -1.33. The minimum Gasteiger partial charge on any atom is -0.352 e. The predicted molar refractivity (Wildman–Crippen MR) is 73.6 cm³/mol. The van der Waals surface area contributed by atoms with Crippen LogP contribution in [0.4, 0.5) is 17.6 Å². The molecular weight excluding hydrogens is 316 g/mol. The Labute approximate surface area is 130 Å². The lowest BCUT2D eigenvalue weighted by molar-refractivity contribution is -0.139. The minimum atomic E-state index is -4.70. The molecule has 1 aromatic rings. The van der Waals surface area contributed by atoms with Crippen molar-refractivity contribution in [1.29, 1.82) is 0 Å². The van der Waals surface area contributed by atoms with Gasteiger partial charge in [-0.2, -0.15) is 13.2 Å². The van der Waals surface area contributed by atoms with Crippen LogP contribution in [0.15, 0.2) is 18.2 Å². The molecule has 0 aliphatic carbocycles. The number of nitrogens with zero attached hydrogens (tertiary/aromatic N) is 1. The summed E-state index contributed by atoms with van der Waals surface area (Å²) in [6.45, 7) is 0.0652. The molecule has 23 heavy (non-hydrogen) atoms. The number of likely N-dealkylation sites (tertiary alicyclic amines) is 1. The third kappa shape index (κ3) is 4.20. The van der Waals surface area contributed by atoms with Crippen LogP contribution in [-0.2, 0) is 22.3 Å². The fourth-order valence-corrected chi connectivity index (χ4v) is 2.46. The number of amides is 2. The first-order valence-electron chi connectivity index (χ1n) is 7.06. The van der Waals surface area contributed by atoms with Gasteiger partial charge < -0.3 is 10.2 Å². The Bertz CT molecular complexity index is 616. The van der Waals surface area contributed by atoms with E-state index in [2.05, 4.69) is 5.32 Å². The fraction of sp³-hybridized carbons (Fsp3) is 0.467. The van der Waals surface area contributed by atoms with Gasteiger partial charge in [0.2, 0.25) is 11.8 Å². The van der Waals surface area contributed by atoms with E-state index in [1.54, 1.807) is 7.05 Å². The number of hydrogen-bond donors (Lipinski definition) is 1. The first-order chi connectivity index (χ1) is 10.7. The van der Waals surface area contributed by atoms with Crippen molar-refractivity contribution in [2.24, 2.45) is 5.92 Å². The van der Waals surface area contributed by atoms with E-state index in [0.29, 0.717) is 19.0 Å². The second-order valence-corrected chi connectivity index (χ2v) is 5.52. The van der Waals surface area contributed by atoms with E-state index in [0.717, 1.165) is 12.1 Å². The van der Waals surface area contributed by atoms with E-state index in [1.165, 1.54) is 4.90 Å². The summed E-state index contributed by atoms with van der Waals surface area (Å²) in [5.74, 6) is -2.18. The summed E-state index contributed by atoms with van der Waals surface area (Å²) < 4.78 is 51.6. The Balaban J connectivity index is 2.04. The Morgan fingerprint density at radius 3 is 2.70 bits per heavy atom. The monoisotopic (exact) mass is 332 g/mol. The molecule has 8 heteroatoms. The maximum atomic E-state index is 13.0. The van der Waals surface area contributed by atoms with E-state index in [9.17, 15) is 27.2 Å². The molecule has 0 radical (unpaired) electrons.